The van der Waals surface area contributed by atoms with E-state index >= 15 is 0 Å². The highest BCUT2D eigenvalue weighted by molar-refractivity contribution is 14.0. The van der Waals surface area contributed by atoms with Crippen LogP contribution in [0.4, 0.5) is 13.2 Å². The van der Waals surface area contributed by atoms with Crippen molar-refractivity contribution in [2.75, 3.05) is 31.6 Å². The summed E-state index contributed by atoms with van der Waals surface area (Å²) in [5, 5.41) is 5.39. The van der Waals surface area contributed by atoms with Gasteiger partial charge in [0.1, 0.15) is 9.84 Å². The first-order chi connectivity index (χ1) is 8.14. The Morgan fingerprint density at radius 1 is 1.26 bits per heavy atom. The second kappa shape index (κ2) is 9.61. The molecule has 0 unspecified atom stereocenters. The minimum absolute atomic E-state index is 0. The molecule has 0 amide bonds. The van der Waals surface area contributed by atoms with E-state index in [9.17, 15) is 21.6 Å². The lowest BCUT2D eigenvalue weighted by Crippen LogP contribution is -2.39. The van der Waals surface area contributed by atoms with Crippen LogP contribution in [0.2, 0.25) is 0 Å². The molecule has 0 aromatic carbocycles. The van der Waals surface area contributed by atoms with Crippen molar-refractivity contribution in [3.8, 4) is 0 Å². The SMILES string of the molecule is CCNC(=NCCC(F)(F)F)NCCS(C)(=O)=O.I. The van der Waals surface area contributed by atoms with Gasteiger partial charge in [0.05, 0.1) is 18.7 Å². The topological polar surface area (TPSA) is 70.6 Å². The Balaban J connectivity index is 0. The van der Waals surface area contributed by atoms with Crippen LogP contribution in [-0.2, 0) is 9.84 Å². The largest absolute Gasteiger partial charge is 0.390 e. The van der Waals surface area contributed by atoms with Gasteiger partial charge in [0.25, 0.3) is 0 Å². The molecule has 10 heteroatoms. The molecule has 0 aliphatic rings. The number of aliphatic imine (C=N–C) groups is 1. The Kier molecular flexibility index (Phi) is 10.6. The highest BCUT2D eigenvalue weighted by Gasteiger charge is 2.26. The minimum atomic E-state index is -4.24. The fourth-order valence-corrected chi connectivity index (χ4v) is 1.46. The zero-order valence-corrected chi connectivity index (χ0v) is 13.9. The van der Waals surface area contributed by atoms with Gasteiger partial charge in [-0.05, 0) is 6.92 Å². The first-order valence-electron chi connectivity index (χ1n) is 5.40. The van der Waals surface area contributed by atoms with E-state index in [2.05, 4.69) is 15.6 Å². The van der Waals surface area contributed by atoms with Crippen molar-refractivity contribution in [1.82, 2.24) is 10.6 Å². The molecule has 0 rings (SSSR count). The molecule has 2 N–H and O–H groups in total. The Bertz CT molecular complexity index is 371. The minimum Gasteiger partial charge on any atom is -0.357 e. The molecule has 0 heterocycles. The number of alkyl halides is 3. The maximum absolute atomic E-state index is 11.9. The summed E-state index contributed by atoms with van der Waals surface area (Å²) in [6.07, 6.45) is -4.16. The van der Waals surface area contributed by atoms with Crippen LogP contribution in [0.25, 0.3) is 0 Å². The second-order valence-corrected chi connectivity index (χ2v) is 5.94. The average molecular weight is 417 g/mol. The van der Waals surface area contributed by atoms with Crippen molar-refractivity contribution in [1.29, 1.82) is 0 Å². The highest BCUT2D eigenvalue weighted by Crippen LogP contribution is 2.18. The molecule has 0 aromatic rings. The van der Waals surface area contributed by atoms with Crippen molar-refractivity contribution in [3.63, 3.8) is 0 Å². The standard InChI is InChI=1S/C9H18F3N3O2S.HI/c1-3-13-8(14-5-4-9(10,11)12)15-6-7-18(2,16)17;/h3-7H2,1-2H3,(H2,13,14,15);1H. The molecule has 0 radical (unpaired) electrons. The molecular formula is C9H19F3IN3O2S. The van der Waals surface area contributed by atoms with Gasteiger partial charge in [-0.3, -0.25) is 4.99 Å². The second-order valence-electron chi connectivity index (χ2n) is 3.68. The van der Waals surface area contributed by atoms with Crippen molar-refractivity contribution in [2.45, 2.75) is 19.5 Å². The highest BCUT2D eigenvalue weighted by atomic mass is 127. The lowest BCUT2D eigenvalue weighted by Gasteiger charge is -2.11. The zero-order chi connectivity index (χ0) is 14.2. The van der Waals surface area contributed by atoms with Gasteiger partial charge in [-0.15, -0.1) is 24.0 Å². The molecule has 116 valence electrons. The molecule has 0 aromatic heterocycles. The van der Waals surface area contributed by atoms with Crippen LogP contribution in [0.15, 0.2) is 4.99 Å². The maximum atomic E-state index is 11.9. The van der Waals surface area contributed by atoms with Crippen LogP contribution in [0.3, 0.4) is 0 Å². The van der Waals surface area contributed by atoms with Gasteiger partial charge in [0.2, 0.25) is 0 Å². The van der Waals surface area contributed by atoms with E-state index < -0.39 is 29.0 Å². The van der Waals surface area contributed by atoms with E-state index in [0.29, 0.717) is 6.54 Å². The van der Waals surface area contributed by atoms with Crippen LogP contribution in [-0.4, -0.2) is 52.2 Å². The fraction of sp³-hybridized carbons (Fsp3) is 0.889. The first-order valence-corrected chi connectivity index (χ1v) is 7.47. The van der Waals surface area contributed by atoms with Crippen LogP contribution < -0.4 is 10.6 Å². The number of rotatable bonds is 6. The molecule has 0 atom stereocenters. The van der Waals surface area contributed by atoms with Gasteiger partial charge in [-0.25, -0.2) is 8.42 Å². The predicted octanol–water partition coefficient (Wildman–Crippen LogP) is 1.16. The molecule has 0 bridgehead atoms. The zero-order valence-electron chi connectivity index (χ0n) is 10.7. The third kappa shape index (κ3) is 15.7. The van der Waals surface area contributed by atoms with Crippen LogP contribution in [0.1, 0.15) is 13.3 Å². The summed E-state index contributed by atoms with van der Waals surface area (Å²) in [6.45, 7) is 1.96. The molecule has 0 saturated heterocycles. The summed E-state index contributed by atoms with van der Waals surface area (Å²) in [5.74, 6) is 0.0850. The lowest BCUT2D eigenvalue weighted by molar-refractivity contribution is -0.132. The van der Waals surface area contributed by atoms with Gasteiger partial charge >= 0.3 is 6.18 Å². The monoisotopic (exact) mass is 417 g/mol. The Morgan fingerprint density at radius 2 is 1.84 bits per heavy atom. The van der Waals surface area contributed by atoms with Gasteiger partial charge in [-0.1, -0.05) is 0 Å². The van der Waals surface area contributed by atoms with Crippen LogP contribution in [0.5, 0.6) is 0 Å². The van der Waals surface area contributed by atoms with E-state index in [4.69, 9.17) is 0 Å². The molecule has 0 aliphatic heterocycles. The molecule has 19 heavy (non-hydrogen) atoms. The number of nitrogens with one attached hydrogen (secondary N) is 2. The summed E-state index contributed by atoms with van der Waals surface area (Å²) < 4.78 is 57.5. The van der Waals surface area contributed by atoms with E-state index in [1.807, 2.05) is 0 Å². The number of hydrogen-bond acceptors (Lipinski definition) is 3. The van der Waals surface area contributed by atoms with Crippen LogP contribution in [0, 0.1) is 0 Å². The smallest absolute Gasteiger partial charge is 0.357 e. The third-order valence-corrected chi connectivity index (χ3v) is 2.72. The summed E-state index contributed by atoms with van der Waals surface area (Å²) in [4.78, 5) is 3.70. The third-order valence-electron chi connectivity index (χ3n) is 1.77. The summed E-state index contributed by atoms with van der Waals surface area (Å²) in [6, 6.07) is 0. The van der Waals surface area contributed by atoms with Crippen LogP contribution >= 0.6 is 24.0 Å². The van der Waals surface area contributed by atoms with E-state index in [0.717, 1.165) is 6.26 Å². The quantitative estimate of drug-likeness (QED) is 0.387. The number of nitrogens with zero attached hydrogens (tertiary/aromatic N) is 1. The number of guanidine groups is 1. The summed E-state index contributed by atoms with van der Waals surface area (Å²) >= 11 is 0. The Morgan fingerprint density at radius 3 is 2.26 bits per heavy atom. The predicted molar refractivity (Wildman–Crippen MR) is 79.8 cm³/mol. The molecular weight excluding hydrogens is 398 g/mol. The van der Waals surface area contributed by atoms with Gasteiger partial charge in [0, 0.05) is 19.3 Å². The Labute approximate surface area is 128 Å². The summed E-state index contributed by atoms with van der Waals surface area (Å²) in [7, 11) is -3.10. The number of halogens is 4. The molecule has 0 fully saturated rings. The first kappa shape index (κ1) is 21.0. The summed E-state index contributed by atoms with van der Waals surface area (Å²) in [5.41, 5.74) is 0. The normalized spacial score (nSPS) is 12.8. The fourth-order valence-electron chi connectivity index (χ4n) is 0.991. The van der Waals surface area contributed by atoms with Gasteiger partial charge < -0.3 is 10.6 Å². The lowest BCUT2D eigenvalue weighted by atomic mass is 10.4. The number of sulfone groups is 1. The van der Waals surface area contributed by atoms with E-state index in [1.54, 1.807) is 6.92 Å². The molecule has 0 saturated carbocycles. The maximum Gasteiger partial charge on any atom is 0.390 e. The van der Waals surface area contributed by atoms with Crippen molar-refractivity contribution in [2.24, 2.45) is 4.99 Å². The number of hydrogen-bond donors (Lipinski definition) is 2. The van der Waals surface area contributed by atoms with Gasteiger partial charge in [-0.2, -0.15) is 13.2 Å². The molecule has 5 nitrogen and oxygen atoms in total. The van der Waals surface area contributed by atoms with Gasteiger partial charge in [0.15, 0.2) is 5.96 Å². The molecule has 0 spiro atoms. The Hall–Kier alpha value is -0.260. The van der Waals surface area contributed by atoms with Crippen molar-refractivity contribution >= 4 is 39.8 Å². The molecule has 0 aliphatic carbocycles. The van der Waals surface area contributed by atoms with E-state index in [1.165, 1.54) is 0 Å². The average Bonchev–Trinajstić information content (AvgIpc) is 2.13. The van der Waals surface area contributed by atoms with E-state index in [-0.39, 0.29) is 42.2 Å². The van der Waals surface area contributed by atoms with Crippen molar-refractivity contribution < 1.29 is 21.6 Å². The van der Waals surface area contributed by atoms with Crippen molar-refractivity contribution in [3.05, 3.63) is 0 Å².